The fourth-order valence-electron chi connectivity index (χ4n) is 3.98. The summed E-state index contributed by atoms with van der Waals surface area (Å²) in [7, 11) is 0. The zero-order chi connectivity index (χ0) is 23.7. The molecular formula is C25H24N8O. The number of hydrogen-bond donors (Lipinski definition) is 2. The number of nitrogens with zero attached hydrogens (tertiary/aromatic N) is 6. The normalized spacial score (nSPS) is 15.9. The third-order valence-corrected chi connectivity index (χ3v) is 6.00. The Balaban J connectivity index is 1.48. The van der Waals surface area contributed by atoms with Gasteiger partial charge in [-0.1, -0.05) is 12.1 Å². The van der Waals surface area contributed by atoms with E-state index in [1.54, 1.807) is 12.4 Å². The molecule has 5 rings (SSSR count). The van der Waals surface area contributed by atoms with Gasteiger partial charge in [0, 0.05) is 23.4 Å². The van der Waals surface area contributed by atoms with E-state index in [0.29, 0.717) is 29.0 Å². The van der Waals surface area contributed by atoms with Crippen molar-refractivity contribution < 1.29 is 4.42 Å². The fourth-order valence-corrected chi connectivity index (χ4v) is 3.98. The summed E-state index contributed by atoms with van der Waals surface area (Å²) in [4.78, 5) is 13.3. The van der Waals surface area contributed by atoms with Crippen LogP contribution < -0.4 is 11.1 Å². The SMILES string of the molecule is CC(C)(C#N)c1cc(-c2cnc(N)c(-c3nnc(-c4cccc(C5CCCN5)c4)o3)n2)ccn1. The Kier molecular flexibility index (Phi) is 5.51. The van der Waals surface area contributed by atoms with Crippen molar-refractivity contribution in [2.45, 2.75) is 38.1 Å². The summed E-state index contributed by atoms with van der Waals surface area (Å²) < 4.78 is 5.96. The van der Waals surface area contributed by atoms with Crippen LogP contribution in [0.1, 0.15) is 44.0 Å². The van der Waals surface area contributed by atoms with Crippen molar-refractivity contribution in [3.63, 3.8) is 0 Å². The van der Waals surface area contributed by atoms with Crippen molar-refractivity contribution in [2.75, 3.05) is 12.3 Å². The van der Waals surface area contributed by atoms with Crippen LogP contribution >= 0.6 is 0 Å². The second kappa shape index (κ2) is 8.65. The summed E-state index contributed by atoms with van der Waals surface area (Å²) >= 11 is 0. The number of nitriles is 1. The van der Waals surface area contributed by atoms with Crippen LogP contribution in [0.4, 0.5) is 5.82 Å². The Morgan fingerprint density at radius 2 is 1.97 bits per heavy atom. The molecule has 0 amide bonds. The molecule has 0 aliphatic carbocycles. The number of aromatic nitrogens is 5. The first kappa shape index (κ1) is 21.7. The van der Waals surface area contributed by atoms with Gasteiger partial charge in [0.15, 0.2) is 11.5 Å². The van der Waals surface area contributed by atoms with E-state index >= 15 is 0 Å². The van der Waals surface area contributed by atoms with Crippen LogP contribution in [-0.2, 0) is 5.41 Å². The number of hydrogen-bond acceptors (Lipinski definition) is 9. The highest BCUT2D eigenvalue weighted by Crippen LogP contribution is 2.31. The maximum atomic E-state index is 9.45. The van der Waals surface area contributed by atoms with E-state index in [1.165, 1.54) is 12.0 Å². The van der Waals surface area contributed by atoms with Gasteiger partial charge in [-0.3, -0.25) is 4.98 Å². The summed E-state index contributed by atoms with van der Waals surface area (Å²) in [6.07, 6.45) is 5.51. The van der Waals surface area contributed by atoms with Gasteiger partial charge in [0.05, 0.1) is 29.1 Å². The van der Waals surface area contributed by atoms with Gasteiger partial charge in [0.1, 0.15) is 0 Å². The van der Waals surface area contributed by atoms with Crippen molar-refractivity contribution in [1.29, 1.82) is 5.26 Å². The molecule has 1 aliphatic heterocycles. The lowest BCUT2D eigenvalue weighted by molar-refractivity contribution is 0.581. The van der Waals surface area contributed by atoms with Gasteiger partial charge in [0.25, 0.3) is 5.89 Å². The van der Waals surface area contributed by atoms with Crippen LogP contribution in [0.25, 0.3) is 34.3 Å². The first-order valence-electron chi connectivity index (χ1n) is 11.1. The predicted octanol–water partition coefficient (Wildman–Crippen LogP) is 4.06. The lowest BCUT2D eigenvalue weighted by Crippen LogP contribution is -2.15. The van der Waals surface area contributed by atoms with Gasteiger partial charge in [-0.2, -0.15) is 5.26 Å². The summed E-state index contributed by atoms with van der Waals surface area (Å²) in [5, 5.41) is 21.4. The minimum absolute atomic E-state index is 0.189. The molecule has 170 valence electrons. The fraction of sp³-hybridized carbons (Fsp3) is 0.280. The summed E-state index contributed by atoms with van der Waals surface area (Å²) in [6.45, 7) is 4.66. The quantitative estimate of drug-likeness (QED) is 0.458. The van der Waals surface area contributed by atoms with Crippen molar-refractivity contribution in [3.8, 4) is 40.4 Å². The number of pyridine rings is 1. The van der Waals surface area contributed by atoms with Gasteiger partial charge in [-0.15, -0.1) is 10.2 Å². The predicted molar refractivity (Wildman–Crippen MR) is 127 cm³/mol. The maximum absolute atomic E-state index is 9.45. The number of nitrogens with one attached hydrogen (secondary N) is 1. The molecule has 4 heterocycles. The standard InChI is InChI=1S/C25H24N8O/c1-25(2,14-26)20-12-16(8-10-29-20)19-13-30-22(27)21(31-19)24-33-32-23(34-24)17-6-3-5-15(11-17)18-7-4-9-28-18/h3,5-6,8,10-13,18,28H,4,7,9H2,1-2H3,(H2,27,30). The molecule has 34 heavy (non-hydrogen) atoms. The van der Waals surface area contributed by atoms with Gasteiger partial charge >= 0.3 is 0 Å². The van der Waals surface area contributed by atoms with Crippen LogP contribution in [0.2, 0.25) is 0 Å². The molecule has 1 fully saturated rings. The van der Waals surface area contributed by atoms with E-state index < -0.39 is 5.41 Å². The van der Waals surface area contributed by atoms with Gasteiger partial charge < -0.3 is 15.5 Å². The highest BCUT2D eigenvalue weighted by atomic mass is 16.4. The second-order valence-electron chi connectivity index (χ2n) is 8.84. The zero-order valence-corrected chi connectivity index (χ0v) is 19.0. The first-order chi connectivity index (χ1) is 16.4. The molecule has 0 radical (unpaired) electrons. The van der Waals surface area contributed by atoms with Crippen LogP contribution in [-0.4, -0.2) is 31.7 Å². The molecular weight excluding hydrogens is 428 g/mol. The molecule has 0 saturated carbocycles. The van der Waals surface area contributed by atoms with Crippen molar-refractivity contribution in [1.82, 2.24) is 30.5 Å². The second-order valence-corrected chi connectivity index (χ2v) is 8.84. The zero-order valence-electron chi connectivity index (χ0n) is 19.0. The van der Waals surface area contributed by atoms with Crippen LogP contribution in [0.3, 0.4) is 0 Å². The molecule has 0 bridgehead atoms. The van der Waals surface area contributed by atoms with Crippen molar-refractivity contribution >= 4 is 5.82 Å². The largest absolute Gasteiger partial charge is 0.414 e. The smallest absolute Gasteiger partial charge is 0.270 e. The Morgan fingerprint density at radius 3 is 2.76 bits per heavy atom. The topological polar surface area (TPSA) is 139 Å². The molecule has 9 nitrogen and oxygen atoms in total. The van der Waals surface area contributed by atoms with E-state index in [2.05, 4.69) is 48.7 Å². The third-order valence-electron chi connectivity index (χ3n) is 6.00. The molecule has 1 aromatic carbocycles. The molecule has 3 aromatic heterocycles. The summed E-state index contributed by atoms with van der Waals surface area (Å²) in [5.74, 6) is 0.774. The minimum atomic E-state index is -0.732. The van der Waals surface area contributed by atoms with Crippen LogP contribution in [0.15, 0.2) is 53.2 Å². The van der Waals surface area contributed by atoms with E-state index in [4.69, 9.17) is 10.2 Å². The number of benzene rings is 1. The Hall–Kier alpha value is -4.16. The van der Waals surface area contributed by atoms with E-state index in [1.807, 2.05) is 38.1 Å². The van der Waals surface area contributed by atoms with E-state index in [9.17, 15) is 5.26 Å². The van der Waals surface area contributed by atoms with Gasteiger partial charge in [-0.05, 0) is 63.1 Å². The highest BCUT2D eigenvalue weighted by Gasteiger charge is 2.23. The highest BCUT2D eigenvalue weighted by molar-refractivity contribution is 5.69. The molecule has 4 aromatic rings. The van der Waals surface area contributed by atoms with E-state index in [0.717, 1.165) is 24.1 Å². The third kappa shape index (κ3) is 4.11. The van der Waals surface area contributed by atoms with Gasteiger partial charge in [-0.25, -0.2) is 9.97 Å². The summed E-state index contributed by atoms with van der Waals surface area (Å²) in [5.41, 5.74) is 9.69. The maximum Gasteiger partial charge on any atom is 0.270 e. The number of nitrogen functional groups attached to an aromatic ring is 1. The Labute approximate surface area is 197 Å². The van der Waals surface area contributed by atoms with Crippen LogP contribution in [0, 0.1) is 11.3 Å². The lowest BCUT2D eigenvalue weighted by Gasteiger charge is -2.15. The van der Waals surface area contributed by atoms with Crippen LogP contribution in [0.5, 0.6) is 0 Å². The van der Waals surface area contributed by atoms with Crippen molar-refractivity contribution in [3.05, 3.63) is 60.0 Å². The number of nitrogens with two attached hydrogens (primary N) is 1. The molecule has 1 unspecified atom stereocenters. The molecule has 1 saturated heterocycles. The Morgan fingerprint density at radius 1 is 1.12 bits per heavy atom. The minimum Gasteiger partial charge on any atom is -0.414 e. The number of rotatable bonds is 5. The van der Waals surface area contributed by atoms with Crippen molar-refractivity contribution in [2.24, 2.45) is 0 Å². The molecule has 0 spiro atoms. The average Bonchev–Trinajstić information content (AvgIpc) is 3.57. The molecule has 3 N–H and O–H groups in total. The molecule has 1 atom stereocenters. The lowest BCUT2D eigenvalue weighted by atomic mass is 9.90. The first-order valence-corrected chi connectivity index (χ1v) is 11.1. The van der Waals surface area contributed by atoms with Gasteiger partial charge in [0.2, 0.25) is 5.89 Å². The molecule has 1 aliphatic rings. The molecule has 9 heteroatoms. The monoisotopic (exact) mass is 452 g/mol. The average molecular weight is 453 g/mol. The Bertz CT molecular complexity index is 1380. The van der Waals surface area contributed by atoms with E-state index in [-0.39, 0.29) is 11.7 Å². The number of anilines is 1. The summed E-state index contributed by atoms with van der Waals surface area (Å²) in [6, 6.07) is 14.4.